The van der Waals surface area contributed by atoms with Crippen LogP contribution in [-0.2, 0) is 11.2 Å². The SMILES string of the molecule is Cc1cc(CC(=O)NCC2CN(c3ncnc(N)n3)CCC2(C)C)n[nH]1. The van der Waals surface area contributed by atoms with Crippen molar-refractivity contribution in [1.82, 2.24) is 30.5 Å². The number of H-pyrrole nitrogens is 1. The summed E-state index contributed by atoms with van der Waals surface area (Å²) in [7, 11) is 0. The molecule has 4 N–H and O–H groups in total. The number of hydrogen-bond acceptors (Lipinski definition) is 7. The fourth-order valence-electron chi connectivity index (χ4n) is 3.24. The molecule has 1 unspecified atom stereocenters. The summed E-state index contributed by atoms with van der Waals surface area (Å²) in [6.07, 6.45) is 2.70. The van der Waals surface area contributed by atoms with Gasteiger partial charge in [0.2, 0.25) is 17.8 Å². The van der Waals surface area contributed by atoms with Crippen LogP contribution in [0.5, 0.6) is 0 Å². The molecule has 9 nitrogen and oxygen atoms in total. The topological polar surface area (TPSA) is 126 Å². The van der Waals surface area contributed by atoms with Gasteiger partial charge in [0.25, 0.3) is 0 Å². The number of aromatic amines is 1. The van der Waals surface area contributed by atoms with Gasteiger partial charge < -0.3 is 16.0 Å². The Balaban J connectivity index is 1.60. The van der Waals surface area contributed by atoms with Crippen LogP contribution in [0.25, 0.3) is 0 Å². The molecule has 1 saturated heterocycles. The standard InChI is InChI=1S/C17H26N8O/c1-11-6-13(24-23-11)7-14(26)19-8-12-9-25(5-4-17(12,2)3)16-21-10-20-15(18)22-16/h6,10,12H,4-5,7-9H2,1-3H3,(H,19,26)(H,23,24)(H2,18,20,21,22). The highest BCUT2D eigenvalue weighted by atomic mass is 16.1. The highest BCUT2D eigenvalue weighted by Crippen LogP contribution is 2.36. The lowest BCUT2D eigenvalue weighted by Gasteiger charge is -2.44. The molecule has 1 fully saturated rings. The van der Waals surface area contributed by atoms with E-state index in [1.54, 1.807) is 0 Å². The number of aromatic nitrogens is 5. The Hall–Kier alpha value is -2.71. The van der Waals surface area contributed by atoms with Crippen molar-refractivity contribution in [3.63, 3.8) is 0 Å². The maximum absolute atomic E-state index is 12.2. The van der Waals surface area contributed by atoms with Crippen LogP contribution in [0.3, 0.4) is 0 Å². The molecule has 3 rings (SSSR count). The Labute approximate surface area is 152 Å². The number of aryl methyl sites for hydroxylation is 1. The number of piperidine rings is 1. The van der Waals surface area contributed by atoms with Crippen LogP contribution in [0.2, 0.25) is 0 Å². The van der Waals surface area contributed by atoms with E-state index in [9.17, 15) is 4.79 Å². The van der Waals surface area contributed by atoms with Gasteiger partial charge in [-0.15, -0.1) is 0 Å². The second-order valence-electron chi connectivity index (χ2n) is 7.55. The maximum Gasteiger partial charge on any atom is 0.230 e. The minimum absolute atomic E-state index is 0.0196. The minimum Gasteiger partial charge on any atom is -0.368 e. The Morgan fingerprint density at radius 3 is 2.96 bits per heavy atom. The number of carbonyl (C=O) groups excluding carboxylic acids is 1. The highest BCUT2D eigenvalue weighted by molar-refractivity contribution is 5.78. The van der Waals surface area contributed by atoms with Crippen molar-refractivity contribution in [3.05, 3.63) is 23.8 Å². The normalized spacial score (nSPS) is 19.3. The molecule has 140 valence electrons. The minimum atomic E-state index is -0.0196. The lowest BCUT2D eigenvalue weighted by Crippen LogP contribution is -2.50. The van der Waals surface area contributed by atoms with Crippen LogP contribution in [0.1, 0.15) is 31.7 Å². The number of carbonyl (C=O) groups is 1. The predicted octanol–water partition coefficient (Wildman–Crippen LogP) is 0.697. The number of nitrogens with one attached hydrogen (secondary N) is 2. The van der Waals surface area contributed by atoms with Crippen molar-refractivity contribution >= 4 is 17.8 Å². The smallest absolute Gasteiger partial charge is 0.230 e. The Morgan fingerprint density at radius 2 is 2.27 bits per heavy atom. The summed E-state index contributed by atoms with van der Waals surface area (Å²) in [6, 6.07) is 1.89. The summed E-state index contributed by atoms with van der Waals surface area (Å²) in [4.78, 5) is 26.6. The third kappa shape index (κ3) is 4.27. The number of anilines is 2. The second kappa shape index (κ2) is 7.27. The van der Waals surface area contributed by atoms with Gasteiger partial charge in [-0.3, -0.25) is 9.89 Å². The third-order valence-electron chi connectivity index (χ3n) is 5.08. The van der Waals surface area contributed by atoms with Crippen molar-refractivity contribution in [2.45, 2.75) is 33.6 Å². The van der Waals surface area contributed by atoms with Gasteiger partial charge in [-0.1, -0.05) is 13.8 Å². The van der Waals surface area contributed by atoms with E-state index in [-0.39, 0.29) is 29.6 Å². The first-order valence-electron chi connectivity index (χ1n) is 8.80. The van der Waals surface area contributed by atoms with Crippen molar-refractivity contribution in [1.29, 1.82) is 0 Å². The van der Waals surface area contributed by atoms with Crippen LogP contribution in [0, 0.1) is 18.3 Å². The number of nitrogens with two attached hydrogens (primary N) is 1. The zero-order chi connectivity index (χ0) is 18.7. The molecule has 1 aliphatic rings. The molecular formula is C17H26N8O. The molecule has 3 heterocycles. The average molecular weight is 358 g/mol. The fourth-order valence-corrected chi connectivity index (χ4v) is 3.24. The molecule has 0 saturated carbocycles. The number of nitrogen functional groups attached to an aromatic ring is 1. The monoisotopic (exact) mass is 358 g/mol. The summed E-state index contributed by atoms with van der Waals surface area (Å²) in [5.74, 6) is 1.07. The van der Waals surface area contributed by atoms with Gasteiger partial charge in [0, 0.05) is 25.3 Å². The fraction of sp³-hybridized carbons (Fsp3) is 0.588. The van der Waals surface area contributed by atoms with Gasteiger partial charge in [-0.25, -0.2) is 9.97 Å². The first-order valence-corrected chi connectivity index (χ1v) is 8.80. The molecule has 9 heteroatoms. The van der Waals surface area contributed by atoms with Crippen LogP contribution in [-0.4, -0.2) is 50.7 Å². The summed E-state index contributed by atoms with van der Waals surface area (Å²) in [5, 5.41) is 10.0. The first kappa shape index (κ1) is 18.1. The van der Waals surface area contributed by atoms with E-state index in [0.29, 0.717) is 12.5 Å². The number of nitrogens with zero attached hydrogens (tertiary/aromatic N) is 5. The quantitative estimate of drug-likeness (QED) is 0.718. The Kier molecular flexibility index (Phi) is 5.06. The van der Waals surface area contributed by atoms with E-state index in [1.165, 1.54) is 6.33 Å². The van der Waals surface area contributed by atoms with Crippen molar-refractivity contribution in [3.8, 4) is 0 Å². The van der Waals surface area contributed by atoms with Gasteiger partial charge in [0.15, 0.2) is 0 Å². The molecule has 0 radical (unpaired) electrons. The lowest BCUT2D eigenvalue weighted by atomic mass is 9.73. The zero-order valence-electron chi connectivity index (χ0n) is 15.5. The van der Waals surface area contributed by atoms with Crippen LogP contribution in [0.4, 0.5) is 11.9 Å². The van der Waals surface area contributed by atoms with Crippen LogP contribution in [0.15, 0.2) is 12.4 Å². The van der Waals surface area contributed by atoms with Crippen LogP contribution < -0.4 is 16.0 Å². The molecule has 0 aliphatic carbocycles. The van der Waals surface area contributed by atoms with E-state index in [2.05, 4.69) is 49.2 Å². The van der Waals surface area contributed by atoms with Gasteiger partial charge in [0.05, 0.1) is 12.1 Å². The molecule has 0 bridgehead atoms. The molecule has 1 aliphatic heterocycles. The van der Waals surface area contributed by atoms with Crippen molar-refractivity contribution < 1.29 is 4.79 Å². The maximum atomic E-state index is 12.2. The largest absolute Gasteiger partial charge is 0.368 e. The summed E-state index contributed by atoms with van der Waals surface area (Å²) >= 11 is 0. The molecule has 26 heavy (non-hydrogen) atoms. The zero-order valence-corrected chi connectivity index (χ0v) is 15.5. The molecule has 0 spiro atoms. The highest BCUT2D eigenvalue weighted by Gasteiger charge is 2.36. The Morgan fingerprint density at radius 1 is 1.46 bits per heavy atom. The second-order valence-corrected chi connectivity index (χ2v) is 7.55. The third-order valence-corrected chi connectivity index (χ3v) is 5.08. The van der Waals surface area contributed by atoms with Crippen molar-refractivity contribution in [2.75, 3.05) is 30.3 Å². The van der Waals surface area contributed by atoms with Gasteiger partial charge >= 0.3 is 0 Å². The summed E-state index contributed by atoms with van der Waals surface area (Å²) < 4.78 is 0. The van der Waals surface area contributed by atoms with Gasteiger partial charge in [-0.05, 0) is 30.7 Å². The van der Waals surface area contributed by atoms with Gasteiger partial charge in [-0.2, -0.15) is 10.1 Å². The molecule has 2 aromatic rings. The molecule has 0 aromatic carbocycles. The number of hydrogen-bond donors (Lipinski definition) is 3. The predicted molar refractivity (Wildman–Crippen MR) is 98.4 cm³/mol. The van der Waals surface area contributed by atoms with Crippen LogP contribution >= 0.6 is 0 Å². The molecular weight excluding hydrogens is 332 g/mol. The van der Waals surface area contributed by atoms with Gasteiger partial charge in [0.1, 0.15) is 6.33 Å². The lowest BCUT2D eigenvalue weighted by molar-refractivity contribution is -0.120. The van der Waals surface area contributed by atoms with E-state index in [0.717, 1.165) is 30.9 Å². The van der Waals surface area contributed by atoms with E-state index in [1.807, 2.05) is 13.0 Å². The number of rotatable bonds is 5. The summed E-state index contributed by atoms with van der Waals surface area (Å²) in [5.41, 5.74) is 7.50. The number of amides is 1. The Bertz CT molecular complexity index is 772. The molecule has 2 aromatic heterocycles. The van der Waals surface area contributed by atoms with E-state index in [4.69, 9.17) is 5.73 Å². The first-order chi connectivity index (χ1) is 12.3. The van der Waals surface area contributed by atoms with Crippen molar-refractivity contribution in [2.24, 2.45) is 11.3 Å². The average Bonchev–Trinajstić information content (AvgIpc) is 2.98. The van der Waals surface area contributed by atoms with E-state index < -0.39 is 0 Å². The molecule has 1 atom stereocenters. The molecule has 1 amide bonds. The summed E-state index contributed by atoms with van der Waals surface area (Å²) in [6.45, 7) is 8.61. The van der Waals surface area contributed by atoms with E-state index >= 15 is 0 Å².